The monoisotopic (exact) mass is 554 g/mol. The van der Waals surface area contributed by atoms with E-state index >= 15 is 0 Å². The van der Waals surface area contributed by atoms with Crippen molar-refractivity contribution in [3.8, 4) is 11.5 Å². The molecule has 1 saturated heterocycles. The number of methoxy groups -OCH3 is 2. The van der Waals surface area contributed by atoms with Crippen molar-refractivity contribution in [2.45, 2.75) is 25.4 Å². The molecule has 8 nitrogen and oxygen atoms in total. The second-order valence-electron chi connectivity index (χ2n) is 9.42. The third kappa shape index (κ3) is 7.27. The minimum atomic E-state index is -0.659. The van der Waals surface area contributed by atoms with Gasteiger partial charge in [0.1, 0.15) is 5.82 Å². The fourth-order valence-electron chi connectivity index (χ4n) is 4.90. The smallest absolute Gasteiger partial charge is 0.309 e. The van der Waals surface area contributed by atoms with Crippen LogP contribution in [0.15, 0.2) is 60.0 Å². The van der Waals surface area contributed by atoms with Crippen molar-refractivity contribution in [3.63, 3.8) is 0 Å². The second-order valence-corrected chi connectivity index (χ2v) is 10.4. The molecule has 0 bridgehead atoms. The van der Waals surface area contributed by atoms with Crippen LogP contribution in [0.4, 0.5) is 10.1 Å². The quantitative estimate of drug-likeness (QED) is 0.373. The van der Waals surface area contributed by atoms with Crippen LogP contribution in [0.1, 0.15) is 23.4 Å². The summed E-state index contributed by atoms with van der Waals surface area (Å²) < 4.78 is 23.9. The van der Waals surface area contributed by atoms with Gasteiger partial charge in [-0.15, -0.1) is 11.3 Å². The predicted octanol–water partition coefficient (Wildman–Crippen LogP) is 3.63. The molecule has 10 heteroatoms. The minimum absolute atomic E-state index is 0.0659. The number of ether oxygens (including phenoxy) is 2. The fraction of sp³-hybridized carbons (Fsp3) is 0.379. The van der Waals surface area contributed by atoms with Crippen molar-refractivity contribution in [1.29, 1.82) is 0 Å². The Bertz CT molecular complexity index is 1230. The van der Waals surface area contributed by atoms with E-state index in [4.69, 9.17) is 9.47 Å². The zero-order valence-electron chi connectivity index (χ0n) is 22.5. The number of carbonyl (C=O) groups excluding carboxylic acids is 2. The van der Waals surface area contributed by atoms with Crippen LogP contribution < -0.4 is 25.0 Å². The normalized spacial score (nSPS) is 15.3. The molecular weight excluding hydrogens is 519 g/mol. The first kappa shape index (κ1) is 28.4. The molecule has 1 aliphatic heterocycles. The summed E-state index contributed by atoms with van der Waals surface area (Å²) in [6.07, 6.45) is 0.547. The molecular formula is C29H35FN4O4S. The summed E-state index contributed by atoms with van der Waals surface area (Å²) in [6.45, 7) is 5.37. The molecule has 1 aliphatic rings. The molecule has 0 radical (unpaired) electrons. The summed E-state index contributed by atoms with van der Waals surface area (Å²) in [4.78, 5) is 31.1. The van der Waals surface area contributed by atoms with Crippen LogP contribution in [-0.4, -0.2) is 69.7 Å². The number of hydrogen-bond donors (Lipinski definition) is 2. The van der Waals surface area contributed by atoms with E-state index in [2.05, 4.69) is 26.5 Å². The molecule has 3 aromatic rings. The Kier molecular flexibility index (Phi) is 9.78. The van der Waals surface area contributed by atoms with Gasteiger partial charge in [0.15, 0.2) is 11.5 Å². The van der Waals surface area contributed by atoms with Gasteiger partial charge < -0.3 is 25.0 Å². The summed E-state index contributed by atoms with van der Waals surface area (Å²) in [5, 5.41) is 7.66. The summed E-state index contributed by atoms with van der Waals surface area (Å²) in [5.41, 5.74) is 1.95. The molecule has 0 aliphatic carbocycles. The van der Waals surface area contributed by atoms with Crippen LogP contribution in [0.5, 0.6) is 11.5 Å². The van der Waals surface area contributed by atoms with Crippen LogP contribution in [0, 0.1) is 5.82 Å². The molecule has 4 rings (SSSR count). The number of nitrogens with zero attached hydrogens (tertiary/aromatic N) is 2. The molecule has 2 amide bonds. The Morgan fingerprint density at radius 2 is 1.69 bits per heavy atom. The highest BCUT2D eigenvalue weighted by Gasteiger charge is 2.32. The van der Waals surface area contributed by atoms with E-state index in [1.54, 1.807) is 37.7 Å². The standard InChI is InChI=1S/C29H35FN4O4S/c1-20(32-29(36)28(35)31-13-12-21-6-11-24(37-2)25(19-21)38-3)27(26-5-4-18-39-26)34-16-14-33(15-17-34)23-9-7-22(30)8-10-23/h4-11,18-20,27H,12-17H2,1-3H3,(H,31,35)(H,32,36)/t20-,27+/m1/s1. The molecule has 0 spiro atoms. The Morgan fingerprint density at radius 3 is 2.33 bits per heavy atom. The number of thiophene rings is 1. The van der Waals surface area contributed by atoms with Crippen molar-refractivity contribution in [1.82, 2.24) is 15.5 Å². The maximum atomic E-state index is 13.3. The Hall–Kier alpha value is -3.63. The Morgan fingerprint density at radius 1 is 0.974 bits per heavy atom. The SMILES string of the molecule is COc1ccc(CCNC(=O)C(=O)N[C@H](C)[C@@H](c2cccs2)N2CCN(c3ccc(F)cc3)CC2)cc1OC. The van der Waals surface area contributed by atoms with Crippen LogP contribution in [0.2, 0.25) is 0 Å². The van der Waals surface area contributed by atoms with Gasteiger partial charge in [-0.05, 0) is 66.8 Å². The second kappa shape index (κ2) is 13.4. The van der Waals surface area contributed by atoms with Gasteiger partial charge in [-0.25, -0.2) is 4.39 Å². The highest BCUT2D eigenvalue weighted by atomic mass is 32.1. The van der Waals surface area contributed by atoms with Crippen LogP contribution in [0.3, 0.4) is 0 Å². The summed E-state index contributed by atoms with van der Waals surface area (Å²) in [7, 11) is 3.15. The number of halogens is 1. The lowest BCUT2D eigenvalue weighted by Crippen LogP contribution is -2.53. The van der Waals surface area contributed by atoms with E-state index in [0.717, 1.165) is 42.3 Å². The Labute approximate surface area is 232 Å². The lowest BCUT2D eigenvalue weighted by atomic mass is 10.0. The van der Waals surface area contributed by atoms with Crippen molar-refractivity contribution >= 4 is 28.8 Å². The molecule has 208 valence electrons. The molecule has 2 heterocycles. The summed E-state index contributed by atoms with van der Waals surface area (Å²) in [5.74, 6) is -0.304. The molecule has 2 aromatic carbocycles. The topological polar surface area (TPSA) is 83.1 Å². The molecule has 2 atom stereocenters. The van der Waals surface area contributed by atoms with Gasteiger partial charge in [0.05, 0.1) is 20.3 Å². The first-order valence-electron chi connectivity index (χ1n) is 13.0. The number of carbonyl (C=O) groups is 2. The zero-order valence-corrected chi connectivity index (χ0v) is 23.3. The zero-order chi connectivity index (χ0) is 27.8. The highest BCUT2D eigenvalue weighted by Crippen LogP contribution is 2.30. The lowest BCUT2D eigenvalue weighted by Gasteiger charge is -2.42. The maximum Gasteiger partial charge on any atom is 0.309 e. The van der Waals surface area contributed by atoms with E-state index in [1.165, 1.54) is 12.1 Å². The van der Waals surface area contributed by atoms with Crippen LogP contribution in [-0.2, 0) is 16.0 Å². The average molecular weight is 555 g/mol. The number of piperazine rings is 1. The van der Waals surface area contributed by atoms with E-state index in [0.29, 0.717) is 24.5 Å². The average Bonchev–Trinajstić information content (AvgIpc) is 3.48. The number of anilines is 1. The van der Waals surface area contributed by atoms with Crippen molar-refractivity contribution in [2.75, 3.05) is 51.8 Å². The fourth-order valence-corrected chi connectivity index (χ4v) is 5.86. The van der Waals surface area contributed by atoms with E-state index in [-0.39, 0.29) is 17.9 Å². The number of hydrogen-bond acceptors (Lipinski definition) is 7. The van der Waals surface area contributed by atoms with Gasteiger partial charge in [0.25, 0.3) is 0 Å². The van der Waals surface area contributed by atoms with Gasteiger partial charge >= 0.3 is 11.8 Å². The first-order valence-corrected chi connectivity index (χ1v) is 13.8. The summed E-state index contributed by atoms with van der Waals surface area (Å²) >= 11 is 1.64. The number of amides is 2. The summed E-state index contributed by atoms with van der Waals surface area (Å²) in [6, 6.07) is 15.8. The maximum absolute atomic E-state index is 13.3. The molecule has 39 heavy (non-hydrogen) atoms. The number of benzene rings is 2. The minimum Gasteiger partial charge on any atom is -0.493 e. The predicted molar refractivity (Wildman–Crippen MR) is 151 cm³/mol. The van der Waals surface area contributed by atoms with Gasteiger partial charge in [0, 0.05) is 49.3 Å². The third-order valence-corrected chi connectivity index (χ3v) is 7.86. The van der Waals surface area contributed by atoms with E-state index in [9.17, 15) is 14.0 Å². The van der Waals surface area contributed by atoms with Crippen LogP contribution >= 0.6 is 11.3 Å². The van der Waals surface area contributed by atoms with Gasteiger partial charge in [-0.2, -0.15) is 0 Å². The molecule has 2 N–H and O–H groups in total. The third-order valence-electron chi connectivity index (χ3n) is 6.92. The molecule has 1 fully saturated rings. The van der Waals surface area contributed by atoms with E-state index < -0.39 is 11.8 Å². The lowest BCUT2D eigenvalue weighted by molar-refractivity contribution is -0.139. The number of nitrogens with one attached hydrogen (secondary N) is 2. The van der Waals surface area contributed by atoms with Gasteiger partial charge in [-0.1, -0.05) is 12.1 Å². The number of rotatable bonds is 10. The van der Waals surface area contributed by atoms with Gasteiger partial charge in [-0.3, -0.25) is 14.5 Å². The van der Waals surface area contributed by atoms with Crippen molar-refractivity contribution in [3.05, 3.63) is 76.2 Å². The highest BCUT2D eigenvalue weighted by molar-refractivity contribution is 7.10. The Balaban J connectivity index is 1.31. The first-order chi connectivity index (χ1) is 18.9. The van der Waals surface area contributed by atoms with Gasteiger partial charge in [0.2, 0.25) is 0 Å². The molecule has 1 aromatic heterocycles. The van der Waals surface area contributed by atoms with Crippen molar-refractivity contribution < 1.29 is 23.5 Å². The van der Waals surface area contributed by atoms with Crippen molar-refractivity contribution in [2.24, 2.45) is 0 Å². The molecule has 0 unspecified atom stereocenters. The largest absolute Gasteiger partial charge is 0.493 e. The molecule has 0 saturated carbocycles. The van der Waals surface area contributed by atoms with E-state index in [1.807, 2.05) is 36.6 Å². The van der Waals surface area contributed by atoms with Crippen LogP contribution in [0.25, 0.3) is 0 Å².